The number of fused-ring (bicyclic) bond motifs is 7. The van der Waals surface area contributed by atoms with Crippen molar-refractivity contribution in [3.8, 4) is 11.1 Å². The summed E-state index contributed by atoms with van der Waals surface area (Å²) in [4.78, 5) is 42.0. The Morgan fingerprint density at radius 3 is 1.92 bits per heavy atom. The van der Waals surface area contributed by atoms with Crippen molar-refractivity contribution in [1.82, 2.24) is 9.80 Å². The molecule has 2 saturated heterocycles. The van der Waals surface area contributed by atoms with E-state index in [0.717, 1.165) is 22.3 Å². The Morgan fingerprint density at radius 1 is 0.846 bits per heavy atom. The summed E-state index contributed by atoms with van der Waals surface area (Å²) in [5.74, 6) is -2.51. The van der Waals surface area contributed by atoms with Crippen molar-refractivity contribution in [2.24, 2.45) is 11.8 Å². The number of nitrogens with zero attached hydrogens (tertiary/aromatic N) is 2. The lowest BCUT2D eigenvalue weighted by Gasteiger charge is -2.38. The fourth-order valence-electron chi connectivity index (χ4n) is 5.24. The molecule has 0 aromatic heterocycles. The molecule has 5 rings (SSSR count). The zero-order valence-corrected chi connectivity index (χ0v) is 14.6. The fraction of sp³-hybridized carbons (Fsp3) is 0.286. The van der Waals surface area contributed by atoms with E-state index in [9.17, 15) is 14.4 Å². The third-order valence-electron chi connectivity index (χ3n) is 6.26. The van der Waals surface area contributed by atoms with Gasteiger partial charge < -0.3 is 4.90 Å². The Labute approximate surface area is 151 Å². The van der Waals surface area contributed by atoms with Crippen LogP contribution in [-0.2, 0) is 19.9 Å². The summed E-state index contributed by atoms with van der Waals surface area (Å²) in [5, 5.41) is 0. The Bertz CT molecular complexity index is 951. The van der Waals surface area contributed by atoms with Gasteiger partial charge >= 0.3 is 0 Å². The van der Waals surface area contributed by atoms with Crippen LogP contribution in [-0.4, -0.2) is 41.1 Å². The monoisotopic (exact) mass is 346 g/mol. The minimum atomic E-state index is -0.924. The molecule has 1 aliphatic carbocycles. The van der Waals surface area contributed by atoms with Crippen LogP contribution in [0.4, 0.5) is 0 Å². The van der Waals surface area contributed by atoms with Gasteiger partial charge in [-0.15, -0.1) is 0 Å². The second kappa shape index (κ2) is 4.81. The lowest BCUT2D eigenvalue weighted by Crippen LogP contribution is -2.48. The largest absolute Gasteiger partial charge is 0.330 e. The number of amides is 3. The molecule has 1 spiro atoms. The van der Waals surface area contributed by atoms with Gasteiger partial charge in [0.2, 0.25) is 17.7 Å². The van der Waals surface area contributed by atoms with Crippen molar-refractivity contribution in [3.63, 3.8) is 0 Å². The third-order valence-corrected chi connectivity index (χ3v) is 6.26. The fourth-order valence-corrected chi connectivity index (χ4v) is 5.24. The molecular weight excluding hydrogens is 328 g/mol. The summed E-state index contributed by atoms with van der Waals surface area (Å²) < 4.78 is 0. The molecule has 0 saturated carbocycles. The zero-order valence-electron chi connectivity index (χ0n) is 14.6. The molecule has 3 amide bonds. The molecule has 2 fully saturated rings. The van der Waals surface area contributed by atoms with Gasteiger partial charge in [0.05, 0.1) is 5.92 Å². The molecule has 5 nitrogen and oxygen atoms in total. The van der Waals surface area contributed by atoms with Crippen molar-refractivity contribution in [2.75, 3.05) is 13.6 Å². The van der Waals surface area contributed by atoms with E-state index in [2.05, 4.69) is 0 Å². The van der Waals surface area contributed by atoms with Crippen LogP contribution in [0, 0.1) is 11.8 Å². The molecular formula is C21H18N2O3. The highest BCUT2D eigenvalue weighted by atomic mass is 16.2. The minimum Gasteiger partial charge on any atom is -0.330 e. The van der Waals surface area contributed by atoms with Crippen molar-refractivity contribution in [3.05, 3.63) is 59.7 Å². The molecule has 2 atom stereocenters. The molecule has 2 aromatic rings. The van der Waals surface area contributed by atoms with Gasteiger partial charge in [-0.1, -0.05) is 48.5 Å². The van der Waals surface area contributed by atoms with E-state index in [1.807, 2.05) is 48.5 Å². The molecule has 0 bridgehead atoms. The minimum absolute atomic E-state index is 0.244. The van der Waals surface area contributed by atoms with E-state index < -0.39 is 17.4 Å². The van der Waals surface area contributed by atoms with E-state index in [4.69, 9.17) is 0 Å². The van der Waals surface area contributed by atoms with E-state index in [1.54, 1.807) is 18.9 Å². The first-order valence-corrected chi connectivity index (χ1v) is 8.87. The number of imide groups is 1. The molecule has 2 aromatic carbocycles. The average Bonchev–Trinajstić information content (AvgIpc) is 3.19. The molecule has 2 heterocycles. The summed E-state index contributed by atoms with van der Waals surface area (Å²) in [6.07, 6.45) is 0. The molecule has 5 heteroatoms. The first-order valence-electron chi connectivity index (χ1n) is 8.87. The number of hydrogen-bond acceptors (Lipinski definition) is 3. The summed E-state index contributed by atoms with van der Waals surface area (Å²) in [6.45, 7) is 2.06. The Hall–Kier alpha value is -2.95. The quantitative estimate of drug-likeness (QED) is 0.586. The number of carbonyl (C=O) groups is 3. The highest BCUT2D eigenvalue weighted by Gasteiger charge is 2.70. The maximum absolute atomic E-state index is 13.2. The van der Waals surface area contributed by atoms with Crippen molar-refractivity contribution >= 4 is 17.7 Å². The van der Waals surface area contributed by atoms with Crippen LogP contribution in [0.3, 0.4) is 0 Å². The van der Waals surface area contributed by atoms with Crippen LogP contribution in [0.15, 0.2) is 48.5 Å². The molecule has 0 radical (unpaired) electrons. The molecule has 2 aliphatic heterocycles. The lowest BCUT2D eigenvalue weighted by molar-refractivity contribution is -0.144. The molecule has 26 heavy (non-hydrogen) atoms. The van der Waals surface area contributed by atoms with Crippen LogP contribution < -0.4 is 0 Å². The Morgan fingerprint density at radius 2 is 1.38 bits per heavy atom. The number of carbonyl (C=O) groups excluding carboxylic acids is 3. The van der Waals surface area contributed by atoms with Crippen LogP contribution in [0.25, 0.3) is 11.1 Å². The van der Waals surface area contributed by atoms with E-state index >= 15 is 0 Å². The van der Waals surface area contributed by atoms with Crippen LogP contribution >= 0.6 is 0 Å². The first kappa shape index (κ1) is 15.3. The maximum Gasteiger partial charge on any atom is 0.242 e. The normalized spacial score (nSPS) is 25.1. The number of rotatable bonds is 1. The summed E-state index contributed by atoms with van der Waals surface area (Å²) >= 11 is 0. The maximum atomic E-state index is 13.2. The highest BCUT2D eigenvalue weighted by Crippen LogP contribution is 2.61. The van der Waals surface area contributed by atoms with Gasteiger partial charge in [0, 0.05) is 13.6 Å². The molecule has 0 unspecified atom stereocenters. The van der Waals surface area contributed by atoms with Crippen molar-refractivity contribution < 1.29 is 14.4 Å². The van der Waals surface area contributed by atoms with Crippen LogP contribution in [0.2, 0.25) is 0 Å². The molecule has 0 N–H and O–H groups in total. The summed E-state index contributed by atoms with van der Waals surface area (Å²) in [6, 6.07) is 15.8. The van der Waals surface area contributed by atoms with Gasteiger partial charge in [-0.25, -0.2) is 0 Å². The number of likely N-dealkylation sites (tertiary alicyclic amines) is 2. The van der Waals surface area contributed by atoms with Gasteiger partial charge in [0.15, 0.2) is 0 Å². The van der Waals surface area contributed by atoms with Gasteiger partial charge in [-0.3, -0.25) is 19.3 Å². The van der Waals surface area contributed by atoms with Crippen molar-refractivity contribution in [2.45, 2.75) is 12.5 Å². The standard InChI is InChI=1S/C21H18N2O3/c1-3-23-19(25)16-17(20(23)26)21(22(2)18(16)24)14-10-6-4-8-12(14)13-9-5-7-11-15(13)21/h4-11,16-17H,3H2,1-2H3/t16-,17-/m1/s1. The van der Waals surface area contributed by atoms with E-state index in [1.165, 1.54) is 4.90 Å². The number of benzene rings is 2. The molecule has 3 aliphatic rings. The van der Waals surface area contributed by atoms with Gasteiger partial charge in [-0.2, -0.15) is 0 Å². The predicted octanol–water partition coefficient (Wildman–Crippen LogP) is 2.00. The second-order valence-corrected chi connectivity index (χ2v) is 7.13. The molecule has 130 valence electrons. The SMILES string of the molecule is CCN1C(=O)[C@H]2C(=O)N(C)C3(c4ccccc4-c4ccccc43)[C@H]2C1=O. The zero-order chi connectivity index (χ0) is 18.2. The van der Waals surface area contributed by atoms with Crippen molar-refractivity contribution in [1.29, 1.82) is 0 Å². The van der Waals surface area contributed by atoms with E-state index in [0.29, 0.717) is 6.54 Å². The summed E-state index contributed by atoms with van der Waals surface area (Å²) in [5.41, 5.74) is 3.01. The lowest BCUT2D eigenvalue weighted by atomic mass is 9.74. The highest BCUT2D eigenvalue weighted by molar-refractivity contribution is 6.18. The topological polar surface area (TPSA) is 57.7 Å². The number of hydrogen-bond donors (Lipinski definition) is 0. The Balaban J connectivity index is 1.88. The summed E-state index contributed by atoms with van der Waals surface area (Å²) in [7, 11) is 1.72. The second-order valence-electron chi connectivity index (χ2n) is 7.13. The van der Waals surface area contributed by atoms with Gasteiger partial charge in [0.25, 0.3) is 0 Å². The van der Waals surface area contributed by atoms with Crippen LogP contribution in [0.1, 0.15) is 18.1 Å². The Kier molecular flexibility index (Phi) is 2.84. The van der Waals surface area contributed by atoms with E-state index in [-0.39, 0.29) is 17.7 Å². The predicted molar refractivity (Wildman–Crippen MR) is 94.8 cm³/mol. The average molecular weight is 346 g/mol. The van der Waals surface area contributed by atoms with Gasteiger partial charge in [0.1, 0.15) is 11.5 Å². The smallest absolute Gasteiger partial charge is 0.242 e. The third kappa shape index (κ3) is 1.43. The van der Waals surface area contributed by atoms with Gasteiger partial charge in [-0.05, 0) is 29.2 Å². The first-order chi connectivity index (χ1) is 12.5. The van der Waals surface area contributed by atoms with Crippen LogP contribution in [0.5, 0.6) is 0 Å².